The number of rotatable bonds is 7. The molecule has 4 heterocycles. The Balaban J connectivity index is 0.000000162. The Hall–Kier alpha value is -2.01. The number of hydrogen-bond acceptors (Lipinski definition) is 10. The maximum absolute atomic E-state index is 13.3. The van der Waals surface area contributed by atoms with E-state index in [9.17, 15) is 26.8 Å². The molecule has 1 aromatic carbocycles. The van der Waals surface area contributed by atoms with Crippen LogP contribution in [0.2, 0.25) is 0 Å². The molecule has 2 spiro atoms. The lowest BCUT2D eigenvalue weighted by molar-refractivity contribution is -0.178. The van der Waals surface area contributed by atoms with E-state index < -0.39 is 20.0 Å². The zero-order valence-corrected chi connectivity index (χ0v) is 52.2. The van der Waals surface area contributed by atoms with Gasteiger partial charge in [-0.25, -0.2) is 26.3 Å². The summed E-state index contributed by atoms with van der Waals surface area (Å²) in [6.45, 7) is 21.4. The smallest absolute Gasteiger partial charge is 0.208 e. The van der Waals surface area contributed by atoms with Gasteiger partial charge in [0.15, 0.2) is 5.78 Å². The third-order valence-corrected chi connectivity index (χ3v) is 27.3. The number of fused-ring (bicyclic) bond motifs is 12. The van der Waals surface area contributed by atoms with Crippen molar-refractivity contribution in [1.82, 2.24) is 19.4 Å². The number of piperidine rings is 2. The molecule has 0 unspecified atom stereocenters. The van der Waals surface area contributed by atoms with E-state index in [-0.39, 0.29) is 47.3 Å². The molecule has 10 fully saturated rings. The van der Waals surface area contributed by atoms with Crippen molar-refractivity contribution in [3.8, 4) is 0 Å². The SMILES string of the molecule is CC1=C2C[C@H]3[C@@H](CC[C@@H]4C[C@H](NS(C)(=O)=O)CC[C@@]43C)[C@@H]2CC[C@@]2(C1)O[C@@H]1C[C@H](C)CN(CC(=O)c3ccccc3)[C@H]1[C@H]2C.CC1=C2C[C@H]3[C@@H](CC[C@@H]4C[C@H](NS(C)(=O)=O)CC[C@@]43C)[C@@H]2CC[C@@]2(C1)O[C@@H]1C[C@H](C)CN(O)[C@H]1[C@H]2C. The van der Waals surface area contributed by atoms with Crippen LogP contribution in [-0.4, -0.2) is 118 Å². The topological polar surface area (TPSA) is 155 Å². The standard InChI is InChI=1S/C37H54N2O4S.C29H48N2O4S/c1-23-17-34-35(39(21-23)22-33(40)26-9-7-6-8-10-26)25(3)37(43-34)16-14-29-30-12-11-27-18-28(38-44(5,41)42)13-15-36(27,4)32(30)19-31(29)24(2)20-37;1-17-12-26-27(31(32)16-17)19(3)29(35-26)11-9-22-23-7-6-20-13-21(30-36(5,33)34)8-10-28(20,4)25(23)14-24(22)18(2)15-29/h6-10,23,25,27-30,32,34-35,38H,11-22H2,1-5H3;17,19-23,25-27,30,32H,6-16H2,1-5H3/t23-,25+,27+,28+,29-,30-,32-,34+,35-,36-,37-;17-,19+,20+,21+,22-,23-,25-,26+,27-,28-,29-/m00/s1. The molecule has 12 nitrogen and oxygen atoms in total. The Morgan fingerprint density at radius 1 is 0.625 bits per heavy atom. The first kappa shape index (κ1) is 58.4. The fraction of sp³-hybridized carbons (Fsp3) is 0.833. The Morgan fingerprint density at radius 2 is 1.09 bits per heavy atom. The monoisotopic (exact) mass is 1140 g/mol. The summed E-state index contributed by atoms with van der Waals surface area (Å²) in [5.41, 5.74) is 7.81. The van der Waals surface area contributed by atoms with Crippen LogP contribution in [0.4, 0.5) is 0 Å². The number of carbonyl (C=O) groups is 1. The lowest BCUT2D eigenvalue weighted by atomic mass is 9.52. The summed E-state index contributed by atoms with van der Waals surface area (Å²) in [5.74, 6) is 7.49. The van der Waals surface area contributed by atoms with E-state index in [0.29, 0.717) is 76.7 Å². The predicted octanol–water partition coefficient (Wildman–Crippen LogP) is 11.8. The van der Waals surface area contributed by atoms with Crippen LogP contribution < -0.4 is 9.44 Å². The molecule has 8 aliphatic carbocycles. The summed E-state index contributed by atoms with van der Waals surface area (Å²) in [4.78, 5) is 15.8. The van der Waals surface area contributed by atoms with Crippen molar-refractivity contribution in [3.05, 3.63) is 58.2 Å². The minimum Gasteiger partial charge on any atom is -0.369 e. The van der Waals surface area contributed by atoms with Gasteiger partial charge < -0.3 is 14.7 Å². The highest BCUT2D eigenvalue weighted by Gasteiger charge is 2.63. The molecule has 14 heteroatoms. The van der Waals surface area contributed by atoms with Gasteiger partial charge in [-0.1, -0.05) is 94.2 Å². The third-order valence-electron chi connectivity index (χ3n) is 25.8. The van der Waals surface area contributed by atoms with E-state index in [4.69, 9.17) is 9.47 Å². The van der Waals surface area contributed by atoms with Gasteiger partial charge in [0.05, 0.1) is 48.5 Å². The van der Waals surface area contributed by atoms with Crippen molar-refractivity contribution in [2.24, 2.45) is 81.8 Å². The highest BCUT2D eigenvalue weighted by Crippen LogP contribution is 2.67. The van der Waals surface area contributed by atoms with Crippen molar-refractivity contribution in [3.63, 3.8) is 0 Å². The summed E-state index contributed by atoms with van der Waals surface area (Å²) in [7, 11) is -6.31. The van der Waals surface area contributed by atoms with Gasteiger partial charge in [0.1, 0.15) is 0 Å². The Morgan fingerprint density at radius 3 is 1.57 bits per heavy atom. The molecule has 12 aliphatic rings. The second-order valence-corrected chi connectivity index (χ2v) is 34.1. The zero-order valence-electron chi connectivity index (χ0n) is 50.6. The maximum atomic E-state index is 13.3. The molecule has 4 saturated heterocycles. The summed E-state index contributed by atoms with van der Waals surface area (Å²) in [6, 6.07) is 10.4. The van der Waals surface area contributed by atoms with Crippen molar-refractivity contribution in [2.45, 2.75) is 231 Å². The molecular formula is C66H102N4O8S2. The van der Waals surface area contributed by atoms with E-state index in [1.807, 2.05) is 30.3 Å². The van der Waals surface area contributed by atoms with Crippen molar-refractivity contribution < 1.29 is 36.3 Å². The molecule has 80 heavy (non-hydrogen) atoms. The van der Waals surface area contributed by atoms with Crippen LogP contribution in [0.5, 0.6) is 0 Å². The number of nitrogens with zero attached hydrogens (tertiary/aromatic N) is 2. The van der Waals surface area contributed by atoms with Gasteiger partial charge in [-0.15, -0.1) is 0 Å². The van der Waals surface area contributed by atoms with Crippen molar-refractivity contribution >= 4 is 25.8 Å². The first-order chi connectivity index (χ1) is 37.8. The molecule has 3 N–H and O–H groups in total. The number of ketones is 1. The molecule has 0 radical (unpaired) electrons. The van der Waals surface area contributed by atoms with Gasteiger partial charge in [-0.05, 0) is 212 Å². The summed E-state index contributed by atoms with van der Waals surface area (Å²) in [6.07, 6.45) is 25.5. The van der Waals surface area contributed by atoms with Crippen LogP contribution in [0.15, 0.2) is 52.6 Å². The number of hydrogen-bond donors (Lipinski definition) is 3. The van der Waals surface area contributed by atoms with E-state index >= 15 is 0 Å². The fourth-order valence-corrected chi connectivity index (χ4v) is 23.8. The minimum atomic E-state index is -3.17. The molecule has 22 atom stereocenters. The summed E-state index contributed by atoms with van der Waals surface area (Å²) < 4.78 is 67.7. The van der Waals surface area contributed by atoms with E-state index in [2.05, 4.69) is 69.7 Å². The number of likely N-dealkylation sites (tertiary alicyclic amines) is 1. The maximum Gasteiger partial charge on any atom is 0.208 e. The van der Waals surface area contributed by atoms with Crippen LogP contribution in [0.1, 0.15) is 194 Å². The molecular weight excluding hydrogens is 1040 g/mol. The zero-order chi connectivity index (χ0) is 56.6. The van der Waals surface area contributed by atoms with Gasteiger partial charge >= 0.3 is 0 Å². The Labute approximate surface area is 482 Å². The van der Waals surface area contributed by atoms with Gasteiger partial charge in [0.2, 0.25) is 20.0 Å². The number of allylic oxidation sites excluding steroid dienone is 2. The second kappa shape index (κ2) is 21.4. The molecule has 0 bridgehead atoms. The summed E-state index contributed by atoms with van der Waals surface area (Å²) >= 11 is 0. The quantitative estimate of drug-likeness (QED) is 0.178. The second-order valence-electron chi connectivity index (χ2n) is 30.5. The highest BCUT2D eigenvalue weighted by atomic mass is 32.2. The molecule has 4 aliphatic heterocycles. The lowest BCUT2D eigenvalue weighted by Crippen LogP contribution is -2.53. The van der Waals surface area contributed by atoms with Crippen molar-refractivity contribution in [2.75, 3.05) is 32.1 Å². The number of benzene rings is 1. The molecule has 0 aromatic heterocycles. The van der Waals surface area contributed by atoms with E-state index in [0.717, 1.165) is 113 Å². The normalized spacial score (nSPS) is 47.4. The Bertz CT molecular complexity index is 2810. The third kappa shape index (κ3) is 10.5. The van der Waals surface area contributed by atoms with Crippen LogP contribution in [-0.2, 0) is 29.5 Å². The summed E-state index contributed by atoms with van der Waals surface area (Å²) in [5, 5.41) is 12.4. The number of Topliss-reactive ketones (excluding diaryl/α,β-unsaturated/α-hetero) is 1. The molecule has 13 rings (SSSR count). The van der Waals surface area contributed by atoms with Crippen LogP contribution in [0, 0.1) is 81.8 Å². The molecule has 1 aromatic rings. The minimum absolute atomic E-state index is 0.0992. The first-order valence-electron chi connectivity index (χ1n) is 32.2. The lowest BCUT2D eigenvalue weighted by Gasteiger charge is -2.54. The number of hydroxylamine groups is 2. The number of nitrogens with one attached hydrogen (secondary N) is 2. The first-order valence-corrected chi connectivity index (χ1v) is 36.0. The van der Waals surface area contributed by atoms with E-state index in [1.165, 1.54) is 63.9 Å². The van der Waals surface area contributed by atoms with Crippen molar-refractivity contribution in [1.29, 1.82) is 0 Å². The average molecular weight is 1140 g/mol. The van der Waals surface area contributed by atoms with E-state index in [1.54, 1.807) is 27.4 Å². The largest absolute Gasteiger partial charge is 0.369 e. The molecule has 446 valence electrons. The number of carbonyl (C=O) groups excluding carboxylic acids is 1. The average Bonchev–Trinajstić information content (AvgIpc) is 4.10. The number of sulfonamides is 2. The van der Waals surface area contributed by atoms with Crippen LogP contribution in [0.25, 0.3) is 0 Å². The fourth-order valence-electron chi connectivity index (χ4n) is 22.1. The highest BCUT2D eigenvalue weighted by molar-refractivity contribution is 7.89. The molecule has 0 amide bonds. The van der Waals surface area contributed by atoms with Gasteiger partial charge in [0, 0.05) is 48.6 Å². The van der Waals surface area contributed by atoms with Gasteiger partial charge in [-0.2, -0.15) is 5.06 Å². The Kier molecular flexibility index (Phi) is 15.6. The van der Waals surface area contributed by atoms with Gasteiger partial charge in [0.25, 0.3) is 0 Å². The van der Waals surface area contributed by atoms with Crippen LogP contribution >= 0.6 is 0 Å². The van der Waals surface area contributed by atoms with Crippen LogP contribution in [0.3, 0.4) is 0 Å². The number of ether oxygens (including phenoxy) is 2. The molecule has 6 saturated carbocycles. The van der Waals surface area contributed by atoms with Gasteiger partial charge in [-0.3, -0.25) is 9.69 Å². The predicted molar refractivity (Wildman–Crippen MR) is 316 cm³/mol.